The monoisotopic (exact) mass is 325 g/mol. The third kappa shape index (κ3) is 4.84. The van der Waals surface area contributed by atoms with E-state index in [1.54, 1.807) is 30.6 Å². The molecular formula is C15H17Cl2N3O. The molecule has 21 heavy (non-hydrogen) atoms. The van der Waals surface area contributed by atoms with Crippen molar-refractivity contribution in [1.82, 2.24) is 15.3 Å². The summed E-state index contributed by atoms with van der Waals surface area (Å²) in [4.78, 5) is 8.33. The number of ether oxygens (including phenoxy) is 1. The Morgan fingerprint density at radius 1 is 1.19 bits per heavy atom. The van der Waals surface area contributed by atoms with Crippen LogP contribution >= 0.6 is 23.2 Å². The van der Waals surface area contributed by atoms with Crippen LogP contribution in [-0.2, 0) is 6.54 Å². The second-order valence-corrected chi connectivity index (χ2v) is 5.84. The molecule has 6 heteroatoms. The average Bonchev–Trinajstić information content (AvgIpc) is 2.45. The van der Waals surface area contributed by atoms with Crippen LogP contribution in [0.3, 0.4) is 0 Å². The van der Waals surface area contributed by atoms with Gasteiger partial charge in [0.05, 0.1) is 5.02 Å². The number of hydrogen-bond donors (Lipinski definition) is 1. The Bertz CT molecular complexity index is 588. The minimum absolute atomic E-state index is 0.242. The zero-order chi connectivity index (χ0) is 15.2. The maximum absolute atomic E-state index is 6.05. The molecule has 0 unspecified atom stereocenters. The van der Waals surface area contributed by atoms with Gasteiger partial charge in [-0.2, -0.15) is 0 Å². The maximum atomic E-state index is 6.05. The summed E-state index contributed by atoms with van der Waals surface area (Å²) in [5.74, 6) is 1.05. The molecule has 0 saturated carbocycles. The SMILES string of the molecule is CC(C)CNCc1cnc(Oc2cccc(Cl)c2Cl)nc1. The van der Waals surface area contributed by atoms with Gasteiger partial charge in [0.2, 0.25) is 0 Å². The molecule has 0 aliphatic heterocycles. The zero-order valence-electron chi connectivity index (χ0n) is 11.9. The molecule has 1 N–H and O–H groups in total. The molecule has 0 saturated heterocycles. The van der Waals surface area contributed by atoms with E-state index < -0.39 is 0 Å². The van der Waals surface area contributed by atoms with Crippen LogP contribution in [0.2, 0.25) is 10.0 Å². The Balaban J connectivity index is 1.97. The summed E-state index contributed by atoms with van der Waals surface area (Å²) in [5.41, 5.74) is 1.00. The second kappa shape index (κ2) is 7.59. The first-order chi connectivity index (χ1) is 10.1. The van der Waals surface area contributed by atoms with Gasteiger partial charge in [0.25, 0.3) is 0 Å². The Morgan fingerprint density at radius 2 is 1.90 bits per heavy atom. The predicted molar refractivity (Wildman–Crippen MR) is 85.1 cm³/mol. The van der Waals surface area contributed by atoms with E-state index >= 15 is 0 Å². The van der Waals surface area contributed by atoms with Crippen LogP contribution in [0.25, 0.3) is 0 Å². The van der Waals surface area contributed by atoms with Gasteiger partial charge in [-0.3, -0.25) is 0 Å². The van der Waals surface area contributed by atoms with Crippen molar-refractivity contribution in [2.45, 2.75) is 20.4 Å². The maximum Gasteiger partial charge on any atom is 0.321 e. The Kier molecular flexibility index (Phi) is 5.79. The zero-order valence-corrected chi connectivity index (χ0v) is 13.4. The molecule has 4 nitrogen and oxygen atoms in total. The topological polar surface area (TPSA) is 47.0 Å². The van der Waals surface area contributed by atoms with Crippen LogP contribution in [0.5, 0.6) is 11.8 Å². The van der Waals surface area contributed by atoms with E-state index in [0.717, 1.165) is 18.7 Å². The molecule has 1 aromatic heterocycles. The molecule has 0 aliphatic carbocycles. The standard InChI is InChI=1S/C15H17Cl2N3O/c1-10(2)6-18-7-11-8-19-15(20-9-11)21-13-5-3-4-12(16)14(13)17/h3-5,8-10,18H,6-7H2,1-2H3. The number of aromatic nitrogens is 2. The highest BCUT2D eigenvalue weighted by atomic mass is 35.5. The van der Waals surface area contributed by atoms with Crippen molar-refractivity contribution in [3.63, 3.8) is 0 Å². The van der Waals surface area contributed by atoms with E-state index in [4.69, 9.17) is 27.9 Å². The van der Waals surface area contributed by atoms with Crippen LogP contribution < -0.4 is 10.1 Å². The van der Waals surface area contributed by atoms with Crippen molar-refractivity contribution in [2.24, 2.45) is 5.92 Å². The summed E-state index contributed by atoms with van der Waals surface area (Å²) in [7, 11) is 0. The highest BCUT2D eigenvalue weighted by molar-refractivity contribution is 6.42. The highest BCUT2D eigenvalue weighted by Gasteiger charge is 2.08. The first-order valence-corrected chi connectivity index (χ1v) is 7.45. The molecule has 112 valence electrons. The molecule has 0 fully saturated rings. The van der Waals surface area contributed by atoms with E-state index in [0.29, 0.717) is 21.7 Å². The minimum Gasteiger partial charge on any atom is -0.423 e. The molecule has 0 bridgehead atoms. The van der Waals surface area contributed by atoms with E-state index in [-0.39, 0.29) is 6.01 Å². The largest absolute Gasteiger partial charge is 0.423 e. The fraction of sp³-hybridized carbons (Fsp3) is 0.333. The van der Waals surface area contributed by atoms with Crippen molar-refractivity contribution in [1.29, 1.82) is 0 Å². The van der Waals surface area contributed by atoms with Gasteiger partial charge in [-0.25, -0.2) is 9.97 Å². The van der Waals surface area contributed by atoms with Gasteiger partial charge in [-0.1, -0.05) is 43.1 Å². The number of benzene rings is 1. The minimum atomic E-state index is 0.242. The quantitative estimate of drug-likeness (QED) is 0.859. The number of nitrogens with one attached hydrogen (secondary N) is 1. The third-order valence-electron chi connectivity index (χ3n) is 2.68. The number of halogens is 2. The Morgan fingerprint density at radius 3 is 2.57 bits per heavy atom. The molecule has 0 atom stereocenters. The van der Waals surface area contributed by atoms with Crippen molar-refractivity contribution in [2.75, 3.05) is 6.54 Å². The normalized spacial score (nSPS) is 10.9. The lowest BCUT2D eigenvalue weighted by atomic mass is 10.2. The van der Waals surface area contributed by atoms with Crippen molar-refractivity contribution < 1.29 is 4.74 Å². The van der Waals surface area contributed by atoms with Gasteiger partial charge in [0, 0.05) is 24.5 Å². The molecule has 0 spiro atoms. The van der Waals surface area contributed by atoms with Gasteiger partial charge in [-0.05, 0) is 24.6 Å². The van der Waals surface area contributed by atoms with Crippen molar-refractivity contribution in [3.05, 3.63) is 46.2 Å². The lowest BCUT2D eigenvalue weighted by Crippen LogP contribution is -2.19. The molecular weight excluding hydrogens is 309 g/mol. The first kappa shape index (κ1) is 16.0. The molecule has 2 aromatic rings. The van der Waals surface area contributed by atoms with Crippen LogP contribution in [0, 0.1) is 5.92 Å². The van der Waals surface area contributed by atoms with Gasteiger partial charge >= 0.3 is 6.01 Å². The average molecular weight is 326 g/mol. The number of hydrogen-bond acceptors (Lipinski definition) is 4. The summed E-state index contributed by atoms with van der Waals surface area (Å²) in [6, 6.07) is 5.41. The third-order valence-corrected chi connectivity index (χ3v) is 3.48. The predicted octanol–water partition coefficient (Wildman–Crippen LogP) is 4.32. The molecule has 2 rings (SSSR count). The first-order valence-electron chi connectivity index (χ1n) is 6.69. The molecule has 1 aromatic carbocycles. The highest BCUT2D eigenvalue weighted by Crippen LogP contribution is 2.33. The fourth-order valence-corrected chi connectivity index (χ4v) is 1.98. The van der Waals surface area contributed by atoms with E-state index in [1.807, 2.05) is 0 Å². The summed E-state index contributed by atoms with van der Waals surface area (Å²) >= 11 is 12.0. The molecule has 0 aliphatic rings. The fourth-order valence-electron chi connectivity index (χ4n) is 1.65. The molecule has 1 heterocycles. The van der Waals surface area contributed by atoms with Gasteiger partial charge < -0.3 is 10.1 Å². The lowest BCUT2D eigenvalue weighted by Gasteiger charge is -2.08. The van der Waals surface area contributed by atoms with Crippen LogP contribution in [0.15, 0.2) is 30.6 Å². The smallest absolute Gasteiger partial charge is 0.321 e. The van der Waals surface area contributed by atoms with Crippen LogP contribution in [0.1, 0.15) is 19.4 Å². The lowest BCUT2D eigenvalue weighted by molar-refractivity contribution is 0.440. The summed E-state index contributed by atoms with van der Waals surface area (Å²) in [6.07, 6.45) is 3.46. The summed E-state index contributed by atoms with van der Waals surface area (Å²) < 4.78 is 5.53. The van der Waals surface area contributed by atoms with Crippen LogP contribution in [-0.4, -0.2) is 16.5 Å². The van der Waals surface area contributed by atoms with Gasteiger partial charge in [0.15, 0.2) is 5.75 Å². The van der Waals surface area contributed by atoms with E-state index in [9.17, 15) is 0 Å². The van der Waals surface area contributed by atoms with E-state index in [1.165, 1.54) is 0 Å². The summed E-state index contributed by atoms with van der Waals surface area (Å²) in [6.45, 7) is 6.01. The Hall–Kier alpha value is -1.36. The number of nitrogens with zero attached hydrogens (tertiary/aromatic N) is 2. The molecule has 0 amide bonds. The van der Waals surface area contributed by atoms with Crippen molar-refractivity contribution in [3.8, 4) is 11.8 Å². The van der Waals surface area contributed by atoms with Crippen LogP contribution in [0.4, 0.5) is 0 Å². The Labute approximate surface area is 134 Å². The van der Waals surface area contributed by atoms with Gasteiger partial charge in [0.1, 0.15) is 5.02 Å². The summed E-state index contributed by atoms with van der Waals surface area (Å²) in [5, 5.41) is 4.11. The number of rotatable bonds is 6. The van der Waals surface area contributed by atoms with Crippen molar-refractivity contribution >= 4 is 23.2 Å². The molecule has 0 radical (unpaired) electrons. The van der Waals surface area contributed by atoms with E-state index in [2.05, 4.69) is 29.1 Å². The second-order valence-electron chi connectivity index (χ2n) is 5.05. The van der Waals surface area contributed by atoms with Gasteiger partial charge in [-0.15, -0.1) is 0 Å².